The van der Waals surface area contributed by atoms with Gasteiger partial charge in [-0.2, -0.15) is 0 Å². The molecule has 1 spiro atoms. The summed E-state index contributed by atoms with van der Waals surface area (Å²) in [5.74, 6) is -4.04. The molecule has 2 aliphatic heterocycles. The number of carbonyl (C=O) groups excluding carboxylic acids is 2. The summed E-state index contributed by atoms with van der Waals surface area (Å²) < 4.78 is 31.0. The number of nitrogens with zero attached hydrogens (tertiary/aromatic N) is 2. The van der Waals surface area contributed by atoms with Crippen LogP contribution < -0.4 is 0 Å². The van der Waals surface area contributed by atoms with Crippen LogP contribution in [-0.2, 0) is 9.59 Å². The van der Waals surface area contributed by atoms with Crippen molar-refractivity contribution in [3.63, 3.8) is 0 Å². The summed E-state index contributed by atoms with van der Waals surface area (Å²) in [6.07, 6.45) is 3.67. The Kier molecular flexibility index (Phi) is 6.13. The minimum absolute atomic E-state index is 0.00785. The summed E-state index contributed by atoms with van der Waals surface area (Å²) in [4.78, 5) is 28.4. The normalized spacial score (nSPS) is 32.8. The molecule has 0 bridgehead atoms. The zero-order valence-electron chi connectivity index (χ0n) is 19.6. The highest BCUT2D eigenvalue weighted by molar-refractivity contribution is 6.31. The number of rotatable bonds is 3. The minimum Gasteiger partial charge on any atom is -0.336 e. The third kappa shape index (κ3) is 3.98. The molecule has 1 aromatic rings. The van der Waals surface area contributed by atoms with E-state index in [0.29, 0.717) is 11.4 Å². The van der Waals surface area contributed by atoms with Crippen LogP contribution in [0.3, 0.4) is 0 Å². The monoisotopic (exact) mass is 478 g/mol. The quantitative estimate of drug-likeness (QED) is 0.536. The van der Waals surface area contributed by atoms with E-state index in [-0.39, 0.29) is 48.6 Å². The Morgan fingerprint density at radius 2 is 1.88 bits per heavy atom. The predicted molar refractivity (Wildman–Crippen MR) is 125 cm³/mol. The van der Waals surface area contributed by atoms with E-state index in [1.807, 2.05) is 24.3 Å². The van der Waals surface area contributed by atoms with E-state index >= 15 is 8.78 Å². The summed E-state index contributed by atoms with van der Waals surface area (Å²) in [6.45, 7) is 9.20. The summed E-state index contributed by atoms with van der Waals surface area (Å²) in [5.41, 5.74) is -0.297. The van der Waals surface area contributed by atoms with E-state index in [1.54, 1.807) is 6.92 Å². The lowest BCUT2D eigenvalue weighted by Crippen LogP contribution is -2.75. The van der Waals surface area contributed by atoms with E-state index < -0.39 is 23.9 Å². The van der Waals surface area contributed by atoms with E-state index in [0.717, 1.165) is 18.4 Å². The molecule has 0 unspecified atom stereocenters. The number of benzene rings is 1. The summed E-state index contributed by atoms with van der Waals surface area (Å²) >= 11 is 6.50. The van der Waals surface area contributed by atoms with Crippen LogP contribution in [-0.4, -0.2) is 53.2 Å². The standard InChI is InChI=1S/C26H33ClF2N2O2/c1-5-22(32)31-15-25(17(31)2)12-13-30(16-26(25,28)29)23(33)19-10-11-24(3,4)14-20(19)18-8-6-7-9-21(18)27/h5-9,17,19-20H,1,10-16H2,2-4H3/t17-,19-,20+,25+/m0/s1. The molecule has 3 fully saturated rings. The predicted octanol–water partition coefficient (Wildman–Crippen LogP) is 5.52. The van der Waals surface area contributed by atoms with E-state index in [2.05, 4.69) is 20.4 Å². The lowest BCUT2D eigenvalue weighted by atomic mass is 9.62. The zero-order chi connectivity index (χ0) is 24.2. The molecule has 1 aromatic carbocycles. The van der Waals surface area contributed by atoms with Crippen molar-refractivity contribution >= 4 is 23.4 Å². The fourth-order valence-corrected chi connectivity index (χ4v) is 6.53. The second-order valence-electron chi connectivity index (χ2n) is 10.9. The van der Waals surface area contributed by atoms with Crippen LogP contribution in [0.2, 0.25) is 5.02 Å². The zero-order valence-corrected chi connectivity index (χ0v) is 20.4. The maximum atomic E-state index is 15.5. The first-order valence-electron chi connectivity index (χ1n) is 11.8. The summed E-state index contributed by atoms with van der Waals surface area (Å²) in [5, 5.41) is 0.621. The molecule has 2 heterocycles. The molecule has 1 saturated carbocycles. The number of halogens is 3. The lowest BCUT2D eigenvalue weighted by Gasteiger charge is -2.62. The third-order valence-corrected chi connectivity index (χ3v) is 8.79. The van der Waals surface area contributed by atoms with Gasteiger partial charge in [-0.05, 0) is 61.6 Å². The molecule has 1 aliphatic carbocycles. The van der Waals surface area contributed by atoms with Crippen molar-refractivity contribution in [1.82, 2.24) is 9.80 Å². The van der Waals surface area contributed by atoms with Gasteiger partial charge >= 0.3 is 0 Å². The molecule has 4 atom stereocenters. The van der Waals surface area contributed by atoms with Crippen LogP contribution in [0.4, 0.5) is 8.78 Å². The van der Waals surface area contributed by atoms with Gasteiger partial charge in [0.2, 0.25) is 11.8 Å². The molecule has 0 radical (unpaired) electrons. The molecule has 4 rings (SSSR count). The van der Waals surface area contributed by atoms with Crippen molar-refractivity contribution in [2.75, 3.05) is 19.6 Å². The summed E-state index contributed by atoms with van der Waals surface area (Å²) in [6, 6.07) is 6.98. The van der Waals surface area contributed by atoms with E-state index in [1.165, 1.54) is 15.9 Å². The van der Waals surface area contributed by atoms with Gasteiger partial charge in [0.05, 0.1) is 12.0 Å². The molecule has 4 nitrogen and oxygen atoms in total. The number of alkyl halides is 2. The molecular formula is C26H33ClF2N2O2. The topological polar surface area (TPSA) is 40.6 Å². The van der Waals surface area contributed by atoms with Gasteiger partial charge in [-0.1, -0.05) is 50.2 Å². The molecule has 7 heteroatoms. The van der Waals surface area contributed by atoms with Crippen molar-refractivity contribution in [1.29, 1.82) is 0 Å². The van der Waals surface area contributed by atoms with Gasteiger partial charge in [-0.3, -0.25) is 9.59 Å². The second kappa shape index (κ2) is 8.37. The number of likely N-dealkylation sites (tertiary alicyclic amines) is 2. The van der Waals surface area contributed by atoms with Gasteiger partial charge in [-0.15, -0.1) is 0 Å². The fraction of sp³-hybridized carbons (Fsp3) is 0.615. The first-order valence-corrected chi connectivity index (χ1v) is 12.1. The number of carbonyl (C=O) groups is 2. The Hall–Kier alpha value is -1.95. The Bertz CT molecular complexity index is 965. The van der Waals surface area contributed by atoms with Crippen LogP contribution in [0.15, 0.2) is 36.9 Å². The van der Waals surface area contributed by atoms with Crippen molar-refractivity contribution in [2.24, 2.45) is 16.7 Å². The average molecular weight is 479 g/mol. The molecule has 2 amide bonds. The molecule has 0 aromatic heterocycles. The Morgan fingerprint density at radius 3 is 2.48 bits per heavy atom. The Morgan fingerprint density at radius 1 is 1.18 bits per heavy atom. The van der Waals surface area contributed by atoms with E-state index in [4.69, 9.17) is 11.6 Å². The van der Waals surface area contributed by atoms with Crippen molar-refractivity contribution in [3.8, 4) is 0 Å². The number of piperidine rings is 1. The van der Waals surface area contributed by atoms with Gasteiger partial charge in [0.1, 0.15) is 0 Å². The van der Waals surface area contributed by atoms with Crippen LogP contribution >= 0.6 is 11.6 Å². The average Bonchev–Trinajstić information content (AvgIpc) is 2.76. The maximum absolute atomic E-state index is 15.5. The van der Waals surface area contributed by atoms with Crippen LogP contribution in [0.5, 0.6) is 0 Å². The summed E-state index contributed by atoms with van der Waals surface area (Å²) in [7, 11) is 0. The minimum atomic E-state index is -3.06. The number of hydrogen-bond donors (Lipinski definition) is 0. The second-order valence-corrected chi connectivity index (χ2v) is 11.3. The van der Waals surface area contributed by atoms with Crippen LogP contribution in [0.1, 0.15) is 57.9 Å². The first kappa shape index (κ1) is 24.2. The smallest absolute Gasteiger partial charge is 0.274 e. The third-order valence-electron chi connectivity index (χ3n) is 8.45. The van der Waals surface area contributed by atoms with Crippen molar-refractivity contribution in [3.05, 3.63) is 47.5 Å². The maximum Gasteiger partial charge on any atom is 0.274 e. The van der Waals surface area contributed by atoms with Gasteiger partial charge < -0.3 is 9.80 Å². The van der Waals surface area contributed by atoms with Crippen molar-refractivity contribution < 1.29 is 18.4 Å². The largest absolute Gasteiger partial charge is 0.336 e. The number of amides is 2. The fourth-order valence-electron chi connectivity index (χ4n) is 6.26. The van der Waals surface area contributed by atoms with Crippen molar-refractivity contribution in [2.45, 2.75) is 64.3 Å². The van der Waals surface area contributed by atoms with Gasteiger partial charge in [-0.25, -0.2) is 8.78 Å². The van der Waals surface area contributed by atoms with Gasteiger partial charge in [0, 0.05) is 30.1 Å². The highest BCUT2D eigenvalue weighted by Gasteiger charge is 2.67. The van der Waals surface area contributed by atoms with E-state index in [9.17, 15) is 9.59 Å². The Balaban J connectivity index is 1.54. The lowest BCUT2D eigenvalue weighted by molar-refractivity contribution is -0.246. The van der Waals surface area contributed by atoms with Gasteiger partial charge in [0.15, 0.2) is 0 Å². The SMILES string of the molecule is C=CC(=O)N1C[C@]2(CCN(C(=O)[C@H]3CCC(C)(C)C[C@@H]3c3ccccc3Cl)CC2(F)F)[C@@H]1C. The highest BCUT2D eigenvalue weighted by Crippen LogP contribution is 2.55. The highest BCUT2D eigenvalue weighted by atomic mass is 35.5. The first-order chi connectivity index (χ1) is 15.4. The molecule has 180 valence electrons. The van der Waals surface area contributed by atoms with Crippen LogP contribution in [0.25, 0.3) is 0 Å². The molecule has 2 saturated heterocycles. The van der Waals surface area contributed by atoms with Gasteiger partial charge in [0.25, 0.3) is 5.92 Å². The Labute approximate surface area is 200 Å². The molecule has 0 N–H and O–H groups in total. The number of hydrogen-bond acceptors (Lipinski definition) is 2. The molecular weight excluding hydrogens is 446 g/mol. The molecule has 33 heavy (non-hydrogen) atoms. The van der Waals surface area contributed by atoms with Crippen LogP contribution in [0, 0.1) is 16.7 Å². The molecule has 3 aliphatic rings.